The Labute approximate surface area is 170 Å². The summed E-state index contributed by atoms with van der Waals surface area (Å²) in [4.78, 5) is 13.0. The van der Waals surface area contributed by atoms with Crippen LogP contribution in [0.2, 0.25) is 0 Å². The lowest BCUT2D eigenvalue weighted by molar-refractivity contribution is -0.111. The molecule has 1 heterocycles. The lowest BCUT2D eigenvalue weighted by Crippen LogP contribution is -2.13. The first kappa shape index (κ1) is 19.2. The summed E-state index contributed by atoms with van der Waals surface area (Å²) in [6.07, 6.45) is 3.92. The molecule has 1 aliphatic rings. The maximum Gasteiger partial charge on any atom is 0.387 e. The number of ether oxygens (including phenoxy) is 1. The van der Waals surface area contributed by atoms with E-state index in [0.717, 1.165) is 23.4 Å². The zero-order valence-electron chi connectivity index (χ0n) is 15.2. The number of halogens is 2. The third-order valence-electron chi connectivity index (χ3n) is 4.33. The number of anilines is 1. The fourth-order valence-corrected chi connectivity index (χ4v) is 3.66. The van der Waals surface area contributed by atoms with E-state index < -0.39 is 6.61 Å². The number of aromatic nitrogens is 2. The molecule has 3 aromatic rings. The van der Waals surface area contributed by atoms with E-state index in [1.54, 1.807) is 18.2 Å². The largest absolute Gasteiger partial charge is 0.435 e. The molecule has 0 radical (unpaired) electrons. The molecule has 148 valence electrons. The third kappa shape index (κ3) is 5.03. The molecule has 1 fully saturated rings. The number of carbonyl (C=O) groups excluding carboxylic acids is 1. The lowest BCUT2D eigenvalue weighted by atomic mass is 10.0. The SMILES string of the molecule is O=C(Nc1nnc(C2CC2)s1)/C(=C/c1ccc(OC(F)F)cc1)c1ccccc1. The van der Waals surface area contributed by atoms with Crippen LogP contribution in [0.1, 0.15) is 34.9 Å². The first-order valence-corrected chi connectivity index (χ1v) is 9.87. The topological polar surface area (TPSA) is 64.1 Å². The maximum atomic E-state index is 13.0. The van der Waals surface area contributed by atoms with Crippen molar-refractivity contribution in [3.63, 3.8) is 0 Å². The highest BCUT2D eigenvalue weighted by Crippen LogP contribution is 2.42. The second-order valence-electron chi connectivity index (χ2n) is 6.55. The number of rotatable bonds is 7. The van der Waals surface area contributed by atoms with Crippen LogP contribution >= 0.6 is 11.3 Å². The molecule has 29 heavy (non-hydrogen) atoms. The van der Waals surface area contributed by atoms with Gasteiger partial charge in [0.25, 0.3) is 5.91 Å². The summed E-state index contributed by atoms with van der Waals surface area (Å²) in [6.45, 7) is -2.88. The number of amides is 1. The van der Waals surface area contributed by atoms with Gasteiger partial charge in [-0.3, -0.25) is 10.1 Å². The molecule has 1 aromatic heterocycles. The van der Waals surface area contributed by atoms with Crippen LogP contribution in [0.15, 0.2) is 54.6 Å². The summed E-state index contributed by atoms with van der Waals surface area (Å²) >= 11 is 1.39. The quantitative estimate of drug-likeness (QED) is 0.427. The number of carbonyl (C=O) groups is 1. The van der Waals surface area contributed by atoms with Crippen LogP contribution in [0.3, 0.4) is 0 Å². The van der Waals surface area contributed by atoms with Gasteiger partial charge in [0.2, 0.25) is 5.13 Å². The number of benzene rings is 2. The van der Waals surface area contributed by atoms with Crippen molar-refractivity contribution in [1.29, 1.82) is 0 Å². The maximum absolute atomic E-state index is 13.0. The number of alkyl halides is 2. The van der Waals surface area contributed by atoms with Crippen molar-refractivity contribution in [2.24, 2.45) is 0 Å². The fraction of sp³-hybridized carbons (Fsp3) is 0.190. The van der Waals surface area contributed by atoms with Gasteiger partial charge in [-0.05, 0) is 42.2 Å². The van der Waals surface area contributed by atoms with Crippen LogP contribution in [-0.2, 0) is 4.79 Å². The first-order valence-electron chi connectivity index (χ1n) is 9.05. The summed E-state index contributed by atoms with van der Waals surface area (Å²) in [6, 6.07) is 15.3. The zero-order valence-corrected chi connectivity index (χ0v) is 16.0. The van der Waals surface area contributed by atoms with E-state index in [1.807, 2.05) is 30.3 Å². The van der Waals surface area contributed by atoms with Crippen molar-refractivity contribution < 1.29 is 18.3 Å². The molecule has 1 aliphatic carbocycles. The smallest absolute Gasteiger partial charge is 0.387 e. The van der Waals surface area contributed by atoms with Gasteiger partial charge in [0.05, 0.1) is 0 Å². The normalized spacial score (nSPS) is 14.1. The minimum Gasteiger partial charge on any atom is -0.435 e. The summed E-state index contributed by atoms with van der Waals surface area (Å²) in [5.41, 5.74) is 1.83. The Morgan fingerprint density at radius 2 is 1.83 bits per heavy atom. The molecule has 1 saturated carbocycles. The van der Waals surface area contributed by atoms with Crippen molar-refractivity contribution in [2.45, 2.75) is 25.4 Å². The first-order chi connectivity index (χ1) is 14.1. The summed E-state index contributed by atoms with van der Waals surface area (Å²) in [7, 11) is 0. The van der Waals surface area contributed by atoms with Gasteiger partial charge >= 0.3 is 6.61 Å². The highest BCUT2D eigenvalue weighted by atomic mass is 32.1. The summed E-state index contributed by atoms with van der Waals surface area (Å²) in [5.74, 6) is 0.211. The molecule has 0 atom stereocenters. The molecule has 1 amide bonds. The molecule has 0 saturated heterocycles. The van der Waals surface area contributed by atoms with Gasteiger partial charge in [0.1, 0.15) is 10.8 Å². The van der Waals surface area contributed by atoms with Crippen molar-refractivity contribution in [3.05, 3.63) is 70.7 Å². The number of nitrogens with one attached hydrogen (secondary N) is 1. The standard InChI is InChI=1S/C21H17F2N3O2S/c22-20(23)28-16-10-6-13(7-11-16)12-17(14-4-2-1-3-5-14)18(27)24-21-26-25-19(29-21)15-8-9-15/h1-7,10-12,15,20H,8-9H2,(H,24,26,27)/b17-12+. The third-order valence-corrected chi connectivity index (χ3v) is 5.33. The average molecular weight is 413 g/mol. The minimum atomic E-state index is -2.88. The Balaban J connectivity index is 1.58. The van der Waals surface area contributed by atoms with Crippen LogP contribution in [-0.4, -0.2) is 22.7 Å². The Hall–Kier alpha value is -3.13. The van der Waals surface area contributed by atoms with Gasteiger partial charge < -0.3 is 4.74 Å². The van der Waals surface area contributed by atoms with Crippen LogP contribution in [0.5, 0.6) is 5.75 Å². The average Bonchev–Trinajstić information content (AvgIpc) is 3.47. The highest BCUT2D eigenvalue weighted by molar-refractivity contribution is 7.15. The second-order valence-corrected chi connectivity index (χ2v) is 7.55. The molecule has 2 aromatic carbocycles. The molecule has 5 nitrogen and oxygen atoms in total. The second kappa shape index (κ2) is 8.48. The van der Waals surface area contributed by atoms with Gasteiger partial charge in [-0.1, -0.05) is 53.8 Å². The van der Waals surface area contributed by atoms with Crippen molar-refractivity contribution >= 4 is 34.0 Å². The molecule has 0 unspecified atom stereocenters. The molecule has 0 spiro atoms. The number of hydrogen-bond acceptors (Lipinski definition) is 5. The van der Waals surface area contributed by atoms with Gasteiger partial charge in [-0.2, -0.15) is 8.78 Å². The molecule has 0 bridgehead atoms. The van der Waals surface area contributed by atoms with Crippen molar-refractivity contribution in [3.8, 4) is 5.75 Å². The predicted molar refractivity (Wildman–Crippen MR) is 108 cm³/mol. The summed E-state index contributed by atoms with van der Waals surface area (Å²) in [5, 5.41) is 12.4. The summed E-state index contributed by atoms with van der Waals surface area (Å²) < 4.78 is 29.0. The Morgan fingerprint density at radius 1 is 1.10 bits per heavy atom. The molecule has 1 N–H and O–H groups in total. The molecule has 8 heteroatoms. The van der Waals surface area contributed by atoms with E-state index in [2.05, 4.69) is 20.3 Å². The number of nitrogens with zero attached hydrogens (tertiary/aromatic N) is 2. The molecular formula is C21H17F2N3O2S. The fourth-order valence-electron chi connectivity index (χ4n) is 2.75. The van der Waals surface area contributed by atoms with Crippen LogP contribution in [0, 0.1) is 0 Å². The predicted octanol–water partition coefficient (Wildman–Crippen LogP) is 5.20. The Bertz CT molecular complexity index is 1020. The Morgan fingerprint density at radius 3 is 2.48 bits per heavy atom. The van der Waals surface area contributed by atoms with Crippen LogP contribution < -0.4 is 10.1 Å². The van der Waals surface area contributed by atoms with E-state index in [1.165, 1.54) is 23.5 Å². The van der Waals surface area contributed by atoms with E-state index in [4.69, 9.17) is 0 Å². The molecular weight excluding hydrogens is 396 g/mol. The van der Waals surface area contributed by atoms with E-state index in [9.17, 15) is 13.6 Å². The lowest BCUT2D eigenvalue weighted by Gasteiger charge is -2.08. The Kier molecular flexibility index (Phi) is 5.62. The molecule has 0 aliphatic heterocycles. The van der Waals surface area contributed by atoms with E-state index in [0.29, 0.717) is 22.2 Å². The van der Waals surface area contributed by atoms with E-state index >= 15 is 0 Å². The van der Waals surface area contributed by atoms with Gasteiger partial charge in [-0.25, -0.2) is 0 Å². The van der Waals surface area contributed by atoms with Gasteiger partial charge in [0, 0.05) is 11.5 Å². The minimum absolute atomic E-state index is 0.0596. The van der Waals surface area contributed by atoms with Gasteiger partial charge in [-0.15, -0.1) is 10.2 Å². The van der Waals surface area contributed by atoms with Crippen molar-refractivity contribution in [2.75, 3.05) is 5.32 Å². The zero-order chi connectivity index (χ0) is 20.2. The monoisotopic (exact) mass is 413 g/mol. The number of hydrogen-bond donors (Lipinski definition) is 1. The van der Waals surface area contributed by atoms with E-state index in [-0.39, 0.29) is 11.7 Å². The highest BCUT2D eigenvalue weighted by Gasteiger charge is 2.28. The molecule has 4 rings (SSSR count). The van der Waals surface area contributed by atoms with Crippen LogP contribution in [0.25, 0.3) is 11.6 Å². The van der Waals surface area contributed by atoms with Crippen molar-refractivity contribution in [1.82, 2.24) is 10.2 Å². The van der Waals surface area contributed by atoms with Crippen LogP contribution in [0.4, 0.5) is 13.9 Å². The van der Waals surface area contributed by atoms with Gasteiger partial charge in [0.15, 0.2) is 0 Å².